The molecule has 3 nitrogen and oxygen atoms in total. The lowest BCUT2D eigenvalue weighted by Crippen LogP contribution is -2.42. The maximum absolute atomic E-state index is 5.58. The minimum Gasteiger partial charge on any atom is -0.381 e. The Kier molecular flexibility index (Phi) is 4.11. The standard InChI is InChI=1S/C12H18N2O/c1-2-6-14-12(3-1)5-8-15-7-4-11-9-13-10-11/h1-3,6,11,13H,4-5,7-10H2. The van der Waals surface area contributed by atoms with E-state index in [1.165, 1.54) is 19.5 Å². The summed E-state index contributed by atoms with van der Waals surface area (Å²) in [6, 6.07) is 6.00. The molecule has 2 rings (SSSR count). The van der Waals surface area contributed by atoms with Crippen LogP contribution in [-0.4, -0.2) is 31.3 Å². The number of hydrogen-bond acceptors (Lipinski definition) is 3. The predicted octanol–water partition coefficient (Wildman–Crippen LogP) is 1.25. The van der Waals surface area contributed by atoms with Gasteiger partial charge in [0.1, 0.15) is 0 Å². The van der Waals surface area contributed by atoms with E-state index in [1.54, 1.807) is 0 Å². The van der Waals surface area contributed by atoms with Crippen molar-refractivity contribution < 1.29 is 4.74 Å². The molecule has 1 aromatic rings. The summed E-state index contributed by atoms with van der Waals surface area (Å²) < 4.78 is 5.58. The number of pyridine rings is 1. The van der Waals surface area contributed by atoms with Gasteiger partial charge in [0.05, 0.1) is 6.61 Å². The summed E-state index contributed by atoms with van der Waals surface area (Å²) >= 11 is 0. The summed E-state index contributed by atoms with van der Waals surface area (Å²) in [4.78, 5) is 4.25. The second-order valence-corrected chi connectivity index (χ2v) is 4.00. The van der Waals surface area contributed by atoms with Crippen molar-refractivity contribution in [2.45, 2.75) is 12.8 Å². The van der Waals surface area contributed by atoms with Gasteiger partial charge in [0.2, 0.25) is 0 Å². The third-order valence-corrected chi connectivity index (χ3v) is 2.77. The van der Waals surface area contributed by atoms with Crippen molar-refractivity contribution in [3.8, 4) is 0 Å². The van der Waals surface area contributed by atoms with E-state index < -0.39 is 0 Å². The summed E-state index contributed by atoms with van der Waals surface area (Å²) in [7, 11) is 0. The first-order chi connectivity index (χ1) is 7.45. The van der Waals surface area contributed by atoms with Gasteiger partial charge in [0.25, 0.3) is 0 Å². The molecular weight excluding hydrogens is 188 g/mol. The molecule has 1 aromatic heterocycles. The first kappa shape index (κ1) is 10.6. The van der Waals surface area contributed by atoms with Crippen LogP contribution in [-0.2, 0) is 11.2 Å². The van der Waals surface area contributed by atoms with E-state index in [-0.39, 0.29) is 0 Å². The highest BCUT2D eigenvalue weighted by Gasteiger charge is 2.15. The van der Waals surface area contributed by atoms with Crippen LogP contribution in [0.3, 0.4) is 0 Å². The van der Waals surface area contributed by atoms with E-state index in [0.29, 0.717) is 0 Å². The van der Waals surface area contributed by atoms with E-state index in [1.807, 2.05) is 24.4 Å². The van der Waals surface area contributed by atoms with Gasteiger partial charge in [-0.05, 0) is 37.6 Å². The molecule has 3 heteroatoms. The molecule has 0 bridgehead atoms. The van der Waals surface area contributed by atoms with E-state index in [0.717, 1.165) is 31.2 Å². The Morgan fingerprint density at radius 3 is 2.93 bits per heavy atom. The van der Waals surface area contributed by atoms with E-state index in [9.17, 15) is 0 Å². The number of aromatic nitrogens is 1. The predicted molar refractivity (Wildman–Crippen MR) is 59.7 cm³/mol. The van der Waals surface area contributed by atoms with E-state index in [2.05, 4.69) is 10.3 Å². The Morgan fingerprint density at radius 2 is 2.27 bits per heavy atom. The largest absolute Gasteiger partial charge is 0.381 e. The molecule has 1 fully saturated rings. The van der Waals surface area contributed by atoms with Crippen molar-refractivity contribution in [1.29, 1.82) is 0 Å². The van der Waals surface area contributed by atoms with Crippen molar-refractivity contribution in [3.05, 3.63) is 30.1 Å². The monoisotopic (exact) mass is 206 g/mol. The lowest BCUT2D eigenvalue weighted by molar-refractivity contribution is 0.113. The second-order valence-electron chi connectivity index (χ2n) is 4.00. The van der Waals surface area contributed by atoms with Gasteiger partial charge in [-0.1, -0.05) is 6.07 Å². The molecule has 1 aliphatic rings. The van der Waals surface area contributed by atoms with Crippen LogP contribution in [0.1, 0.15) is 12.1 Å². The molecule has 0 aromatic carbocycles. The smallest absolute Gasteiger partial charge is 0.0521 e. The molecule has 1 aliphatic heterocycles. The highest BCUT2D eigenvalue weighted by Crippen LogP contribution is 2.07. The Bertz CT molecular complexity index is 272. The third-order valence-electron chi connectivity index (χ3n) is 2.77. The third kappa shape index (κ3) is 3.61. The minimum absolute atomic E-state index is 0.789. The van der Waals surface area contributed by atoms with Crippen molar-refractivity contribution in [2.75, 3.05) is 26.3 Å². The summed E-state index contributed by atoms with van der Waals surface area (Å²) in [5.41, 5.74) is 1.11. The molecule has 0 saturated carbocycles. The molecule has 0 amide bonds. The Labute approximate surface area is 90.9 Å². The molecule has 0 atom stereocenters. The summed E-state index contributed by atoms with van der Waals surface area (Å²) in [6.45, 7) is 4.02. The van der Waals surface area contributed by atoms with E-state index >= 15 is 0 Å². The highest BCUT2D eigenvalue weighted by atomic mass is 16.5. The summed E-state index contributed by atoms with van der Waals surface area (Å²) in [5, 5.41) is 3.26. The van der Waals surface area contributed by atoms with Gasteiger partial charge in [0, 0.05) is 24.9 Å². The van der Waals surface area contributed by atoms with Crippen molar-refractivity contribution in [2.24, 2.45) is 5.92 Å². The van der Waals surface area contributed by atoms with Crippen molar-refractivity contribution >= 4 is 0 Å². The molecule has 82 valence electrons. The average molecular weight is 206 g/mol. The summed E-state index contributed by atoms with van der Waals surface area (Å²) in [6.07, 6.45) is 3.94. The van der Waals surface area contributed by atoms with Crippen LogP contribution in [0.25, 0.3) is 0 Å². The van der Waals surface area contributed by atoms with Gasteiger partial charge in [-0.2, -0.15) is 0 Å². The first-order valence-corrected chi connectivity index (χ1v) is 5.63. The molecule has 2 heterocycles. The lowest BCUT2D eigenvalue weighted by Gasteiger charge is -2.26. The quantitative estimate of drug-likeness (QED) is 0.711. The number of nitrogens with zero attached hydrogens (tertiary/aromatic N) is 1. The average Bonchev–Trinajstić information content (AvgIpc) is 2.22. The van der Waals surface area contributed by atoms with Crippen LogP contribution < -0.4 is 5.32 Å². The zero-order valence-corrected chi connectivity index (χ0v) is 8.98. The number of rotatable bonds is 6. The van der Waals surface area contributed by atoms with Crippen molar-refractivity contribution in [1.82, 2.24) is 10.3 Å². The Balaban J connectivity index is 1.51. The summed E-state index contributed by atoms with van der Waals surface area (Å²) in [5.74, 6) is 0.847. The molecule has 1 saturated heterocycles. The second kappa shape index (κ2) is 5.83. The SMILES string of the molecule is c1ccc(CCOCCC2CNC2)nc1. The maximum atomic E-state index is 5.58. The minimum atomic E-state index is 0.789. The van der Waals surface area contributed by atoms with Crippen LogP contribution in [0.5, 0.6) is 0 Å². The van der Waals surface area contributed by atoms with E-state index in [4.69, 9.17) is 4.74 Å². The maximum Gasteiger partial charge on any atom is 0.0521 e. The Hall–Kier alpha value is -0.930. The fourth-order valence-corrected chi connectivity index (χ4v) is 1.63. The number of ether oxygens (including phenoxy) is 1. The zero-order chi connectivity index (χ0) is 10.3. The topological polar surface area (TPSA) is 34.1 Å². The van der Waals surface area contributed by atoms with Gasteiger partial charge >= 0.3 is 0 Å². The van der Waals surface area contributed by atoms with Crippen LogP contribution in [0.15, 0.2) is 24.4 Å². The van der Waals surface area contributed by atoms with Crippen LogP contribution >= 0.6 is 0 Å². The molecule has 0 radical (unpaired) electrons. The van der Waals surface area contributed by atoms with Gasteiger partial charge in [-0.3, -0.25) is 4.98 Å². The van der Waals surface area contributed by atoms with Crippen LogP contribution in [0.2, 0.25) is 0 Å². The first-order valence-electron chi connectivity index (χ1n) is 5.63. The number of hydrogen-bond donors (Lipinski definition) is 1. The molecule has 0 unspecified atom stereocenters. The van der Waals surface area contributed by atoms with Crippen LogP contribution in [0.4, 0.5) is 0 Å². The normalized spacial score (nSPS) is 16.3. The van der Waals surface area contributed by atoms with Gasteiger partial charge in [-0.15, -0.1) is 0 Å². The number of nitrogens with one attached hydrogen (secondary N) is 1. The van der Waals surface area contributed by atoms with Crippen LogP contribution in [0, 0.1) is 5.92 Å². The highest BCUT2D eigenvalue weighted by molar-refractivity contribution is 5.03. The molecule has 15 heavy (non-hydrogen) atoms. The lowest BCUT2D eigenvalue weighted by atomic mass is 10.0. The van der Waals surface area contributed by atoms with Gasteiger partial charge < -0.3 is 10.1 Å². The molecule has 0 spiro atoms. The molecule has 0 aliphatic carbocycles. The zero-order valence-electron chi connectivity index (χ0n) is 8.98. The van der Waals surface area contributed by atoms with Gasteiger partial charge in [-0.25, -0.2) is 0 Å². The van der Waals surface area contributed by atoms with Gasteiger partial charge in [0.15, 0.2) is 0 Å². The molecule has 1 N–H and O–H groups in total. The fraction of sp³-hybridized carbons (Fsp3) is 0.583. The van der Waals surface area contributed by atoms with Crippen molar-refractivity contribution in [3.63, 3.8) is 0 Å². The molecular formula is C12H18N2O. The fourth-order valence-electron chi connectivity index (χ4n) is 1.63. The Morgan fingerprint density at radius 1 is 1.33 bits per heavy atom.